The molecule has 0 N–H and O–H groups in total. The Hall–Kier alpha value is -0.0400. The van der Waals surface area contributed by atoms with Gasteiger partial charge in [0.2, 0.25) is 0 Å². The van der Waals surface area contributed by atoms with E-state index in [-0.39, 0.29) is 0 Å². The Morgan fingerprint density at radius 1 is 1.00 bits per heavy atom. The van der Waals surface area contributed by atoms with Gasteiger partial charge in [-0.1, -0.05) is 41.5 Å². The van der Waals surface area contributed by atoms with Crippen LogP contribution in [0.4, 0.5) is 0 Å². The van der Waals surface area contributed by atoms with E-state index >= 15 is 0 Å². The van der Waals surface area contributed by atoms with Gasteiger partial charge in [0.1, 0.15) is 0 Å². The third kappa shape index (κ3) is 3.76. The van der Waals surface area contributed by atoms with Crippen molar-refractivity contribution in [3.8, 4) is 0 Å². The summed E-state index contributed by atoms with van der Waals surface area (Å²) in [6, 6.07) is 0. The van der Waals surface area contributed by atoms with Gasteiger partial charge in [0.05, 0.1) is 0 Å². The minimum Gasteiger partial charge on any atom is -0.303 e. The van der Waals surface area contributed by atoms with Crippen LogP contribution in [0.2, 0.25) is 0 Å². The number of hydrogen-bond acceptors (Lipinski definition) is 1. The molecule has 1 heterocycles. The monoisotopic (exact) mass is 225 g/mol. The van der Waals surface area contributed by atoms with E-state index in [2.05, 4.69) is 46.4 Å². The van der Waals surface area contributed by atoms with E-state index in [0.29, 0.717) is 0 Å². The van der Waals surface area contributed by atoms with Crippen LogP contribution in [0.3, 0.4) is 0 Å². The van der Waals surface area contributed by atoms with Gasteiger partial charge < -0.3 is 4.90 Å². The first-order valence-corrected chi connectivity index (χ1v) is 7.14. The summed E-state index contributed by atoms with van der Waals surface area (Å²) in [6.45, 7) is 18.3. The van der Waals surface area contributed by atoms with Crippen LogP contribution >= 0.6 is 0 Å². The maximum atomic E-state index is 2.69. The molecule has 0 aromatic rings. The lowest BCUT2D eigenvalue weighted by Crippen LogP contribution is -2.46. The van der Waals surface area contributed by atoms with Crippen molar-refractivity contribution < 1.29 is 0 Å². The molecule has 16 heavy (non-hydrogen) atoms. The molecular weight excluding hydrogens is 194 g/mol. The summed E-state index contributed by atoms with van der Waals surface area (Å²) in [6.07, 6.45) is 1.35. The average Bonchev–Trinajstić information content (AvgIpc) is 2.12. The molecule has 0 spiro atoms. The third-order valence-electron chi connectivity index (χ3n) is 4.20. The highest BCUT2D eigenvalue weighted by molar-refractivity contribution is 4.84. The predicted octanol–water partition coefficient (Wildman–Crippen LogP) is 3.89. The lowest BCUT2D eigenvalue weighted by Gasteiger charge is -2.43. The Kier molecular flexibility index (Phi) is 5.30. The summed E-state index contributed by atoms with van der Waals surface area (Å²) in [5.74, 6) is 4.35. The lowest BCUT2D eigenvalue weighted by atomic mass is 9.73. The van der Waals surface area contributed by atoms with Crippen LogP contribution in [0, 0.1) is 29.6 Å². The van der Waals surface area contributed by atoms with E-state index in [1.807, 2.05) is 0 Å². The summed E-state index contributed by atoms with van der Waals surface area (Å²) in [5, 5.41) is 0. The fourth-order valence-electron chi connectivity index (χ4n) is 3.63. The molecule has 0 amide bonds. The summed E-state index contributed by atoms with van der Waals surface area (Å²) >= 11 is 0. The highest BCUT2D eigenvalue weighted by Crippen LogP contribution is 2.34. The van der Waals surface area contributed by atoms with Gasteiger partial charge in [-0.05, 0) is 42.6 Å². The van der Waals surface area contributed by atoms with Crippen molar-refractivity contribution in [3.05, 3.63) is 0 Å². The van der Waals surface area contributed by atoms with Crippen LogP contribution < -0.4 is 0 Å². The molecule has 1 unspecified atom stereocenters. The number of likely N-dealkylation sites (tertiary alicyclic amines) is 1. The van der Waals surface area contributed by atoms with Crippen molar-refractivity contribution in [1.82, 2.24) is 4.90 Å². The molecule has 96 valence electrons. The Morgan fingerprint density at radius 3 is 1.88 bits per heavy atom. The summed E-state index contributed by atoms with van der Waals surface area (Å²) in [5.41, 5.74) is 0. The Bertz CT molecular complexity index is 186. The summed E-state index contributed by atoms with van der Waals surface area (Å²) < 4.78 is 0. The second-order valence-electron chi connectivity index (χ2n) is 6.72. The van der Waals surface area contributed by atoms with Gasteiger partial charge in [-0.3, -0.25) is 0 Å². The highest BCUT2D eigenvalue weighted by atomic mass is 15.1. The molecule has 1 rings (SSSR count). The van der Waals surface area contributed by atoms with Crippen molar-refractivity contribution in [2.45, 2.75) is 48.0 Å². The van der Waals surface area contributed by atoms with Gasteiger partial charge in [-0.25, -0.2) is 0 Å². The third-order valence-corrected chi connectivity index (χ3v) is 4.20. The van der Waals surface area contributed by atoms with Crippen molar-refractivity contribution in [2.75, 3.05) is 19.6 Å². The van der Waals surface area contributed by atoms with E-state index in [4.69, 9.17) is 0 Å². The Labute approximate surface area is 103 Å². The first-order chi connectivity index (χ1) is 7.41. The number of nitrogens with zero attached hydrogens (tertiary/aromatic N) is 1. The molecule has 0 radical (unpaired) electrons. The first-order valence-electron chi connectivity index (χ1n) is 7.14. The quantitative estimate of drug-likeness (QED) is 0.701. The number of hydrogen-bond donors (Lipinski definition) is 0. The van der Waals surface area contributed by atoms with Gasteiger partial charge in [-0.15, -0.1) is 0 Å². The normalized spacial score (nSPS) is 32.6. The van der Waals surface area contributed by atoms with Crippen LogP contribution in [0.1, 0.15) is 48.0 Å². The van der Waals surface area contributed by atoms with Crippen LogP contribution in [-0.4, -0.2) is 24.5 Å². The molecular formula is C15H31N. The zero-order valence-electron chi connectivity index (χ0n) is 12.2. The molecule has 1 saturated heterocycles. The van der Waals surface area contributed by atoms with Crippen molar-refractivity contribution in [2.24, 2.45) is 29.6 Å². The largest absolute Gasteiger partial charge is 0.303 e. The fourth-order valence-corrected chi connectivity index (χ4v) is 3.63. The average molecular weight is 225 g/mol. The molecule has 0 aromatic heterocycles. The van der Waals surface area contributed by atoms with E-state index < -0.39 is 0 Å². The topological polar surface area (TPSA) is 3.24 Å². The van der Waals surface area contributed by atoms with Crippen LogP contribution in [-0.2, 0) is 0 Å². The van der Waals surface area contributed by atoms with Crippen molar-refractivity contribution in [1.29, 1.82) is 0 Å². The van der Waals surface area contributed by atoms with E-state index in [1.54, 1.807) is 0 Å². The van der Waals surface area contributed by atoms with Crippen LogP contribution in [0.5, 0.6) is 0 Å². The predicted molar refractivity (Wildman–Crippen MR) is 72.6 cm³/mol. The van der Waals surface area contributed by atoms with Gasteiger partial charge in [0, 0.05) is 13.1 Å². The zero-order chi connectivity index (χ0) is 12.3. The smallest absolute Gasteiger partial charge is 0.000999 e. The van der Waals surface area contributed by atoms with Crippen LogP contribution in [0.15, 0.2) is 0 Å². The van der Waals surface area contributed by atoms with Gasteiger partial charge in [0.25, 0.3) is 0 Å². The van der Waals surface area contributed by atoms with Crippen molar-refractivity contribution >= 4 is 0 Å². The molecule has 1 fully saturated rings. The van der Waals surface area contributed by atoms with Crippen LogP contribution in [0.25, 0.3) is 0 Å². The van der Waals surface area contributed by atoms with Crippen molar-refractivity contribution in [3.63, 3.8) is 0 Å². The zero-order valence-corrected chi connectivity index (χ0v) is 12.2. The summed E-state index contributed by atoms with van der Waals surface area (Å²) in [4.78, 5) is 2.69. The second kappa shape index (κ2) is 6.05. The second-order valence-corrected chi connectivity index (χ2v) is 6.72. The van der Waals surface area contributed by atoms with Gasteiger partial charge >= 0.3 is 0 Å². The van der Waals surface area contributed by atoms with E-state index in [1.165, 1.54) is 26.1 Å². The maximum Gasteiger partial charge on any atom is 0.000999 e. The van der Waals surface area contributed by atoms with Gasteiger partial charge in [-0.2, -0.15) is 0 Å². The van der Waals surface area contributed by atoms with E-state index in [9.17, 15) is 0 Å². The summed E-state index contributed by atoms with van der Waals surface area (Å²) in [7, 11) is 0. The Balaban J connectivity index is 2.46. The van der Waals surface area contributed by atoms with Gasteiger partial charge in [0.15, 0.2) is 0 Å². The first kappa shape index (κ1) is 14.0. The lowest BCUT2D eigenvalue weighted by molar-refractivity contribution is 0.0491. The molecule has 1 aliphatic heterocycles. The minimum atomic E-state index is 0.841. The standard InChI is InChI=1S/C15H31N/c1-11(2)7-8-16-9-13(5)15(12(3)4)14(6)10-16/h11-15H,7-10H2,1-6H3/t13-,14+,15?. The molecule has 0 saturated carbocycles. The minimum absolute atomic E-state index is 0.841. The molecule has 1 aliphatic rings. The van der Waals surface area contributed by atoms with E-state index in [0.717, 1.165) is 29.6 Å². The molecule has 0 bridgehead atoms. The maximum absolute atomic E-state index is 2.69. The molecule has 0 aliphatic carbocycles. The highest BCUT2D eigenvalue weighted by Gasteiger charge is 2.33. The SMILES string of the molecule is CC(C)CCN1C[C@@H](C)C(C(C)C)[C@@H](C)C1. The number of rotatable bonds is 4. The Morgan fingerprint density at radius 2 is 1.50 bits per heavy atom. The molecule has 3 atom stereocenters. The molecule has 0 aromatic carbocycles. The fraction of sp³-hybridized carbons (Fsp3) is 1.00. The molecule has 1 heteroatoms. The molecule has 1 nitrogen and oxygen atoms in total. The number of piperidine rings is 1.